The highest BCUT2D eigenvalue weighted by Crippen LogP contribution is 2.27. The molecule has 6 nitrogen and oxygen atoms in total. The number of hydrogen-bond acceptors (Lipinski definition) is 5. The second kappa shape index (κ2) is 9.94. The van der Waals surface area contributed by atoms with Gasteiger partial charge in [-0.3, -0.25) is 9.69 Å². The lowest BCUT2D eigenvalue weighted by Crippen LogP contribution is -2.50. The highest BCUT2D eigenvalue weighted by atomic mass is 32.2. The predicted molar refractivity (Wildman–Crippen MR) is 120 cm³/mol. The van der Waals surface area contributed by atoms with Gasteiger partial charge in [0.25, 0.3) is 0 Å². The molecule has 2 fully saturated rings. The standard InChI is InChI=1S/C24H30N2O4S/c27-24(26-13-11-22(12-14-26)30-19-20-7-3-1-4-8-20)23(21-9-5-2-6-10-21)25-15-17-31(28,29)18-16-25/h1-10,22-23H,11-19H2. The van der Waals surface area contributed by atoms with Crippen LogP contribution in [0, 0.1) is 0 Å². The van der Waals surface area contributed by atoms with Crippen molar-refractivity contribution in [2.45, 2.75) is 31.6 Å². The Kier molecular flexibility index (Phi) is 7.05. The van der Waals surface area contributed by atoms with Crippen molar-refractivity contribution in [3.8, 4) is 0 Å². The van der Waals surface area contributed by atoms with Crippen LogP contribution in [0.1, 0.15) is 30.0 Å². The third-order valence-electron chi connectivity index (χ3n) is 6.18. The maximum atomic E-state index is 13.5. The summed E-state index contributed by atoms with van der Waals surface area (Å²) in [6.45, 7) is 2.70. The molecule has 0 aromatic heterocycles. The van der Waals surface area contributed by atoms with Crippen LogP contribution in [0.3, 0.4) is 0 Å². The second-order valence-electron chi connectivity index (χ2n) is 8.32. The summed E-state index contributed by atoms with van der Waals surface area (Å²) >= 11 is 0. The lowest BCUT2D eigenvalue weighted by Gasteiger charge is -2.39. The zero-order chi connectivity index (χ0) is 21.7. The van der Waals surface area contributed by atoms with E-state index in [-0.39, 0.29) is 23.5 Å². The Morgan fingerprint density at radius 1 is 0.903 bits per heavy atom. The Morgan fingerprint density at radius 3 is 2.10 bits per heavy atom. The number of carbonyl (C=O) groups excluding carboxylic acids is 1. The minimum atomic E-state index is -3.00. The summed E-state index contributed by atoms with van der Waals surface area (Å²) in [4.78, 5) is 17.5. The molecule has 0 spiro atoms. The molecule has 1 unspecified atom stereocenters. The van der Waals surface area contributed by atoms with Crippen LogP contribution in [0.5, 0.6) is 0 Å². The number of carbonyl (C=O) groups is 1. The summed E-state index contributed by atoms with van der Waals surface area (Å²) in [7, 11) is -3.00. The zero-order valence-corrected chi connectivity index (χ0v) is 18.5. The number of amides is 1. The minimum absolute atomic E-state index is 0.0620. The average Bonchev–Trinajstić information content (AvgIpc) is 2.80. The van der Waals surface area contributed by atoms with Gasteiger partial charge in [0, 0.05) is 26.2 Å². The van der Waals surface area contributed by atoms with Crippen molar-refractivity contribution in [1.82, 2.24) is 9.80 Å². The van der Waals surface area contributed by atoms with Gasteiger partial charge in [0.05, 0.1) is 24.2 Å². The average molecular weight is 443 g/mol. The lowest BCUT2D eigenvalue weighted by atomic mass is 10.0. The number of sulfone groups is 1. The molecule has 2 saturated heterocycles. The van der Waals surface area contributed by atoms with E-state index in [9.17, 15) is 13.2 Å². The molecule has 2 aromatic rings. The Labute approximate surface area is 184 Å². The number of ether oxygens (including phenoxy) is 1. The van der Waals surface area contributed by atoms with Gasteiger partial charge < -0.3 is 9.64 Å². The molecule has 2 aliphatic heterocycles. The second-order valence-corrected chi connectivity index (χ2v) is 10.6. The first-order valence-electron chi connectivity index (χ1n) is 11.0. The van der Waals surface area contributed by atoms with Crippen LogP contribution in [0.25, 0.3) is 0 Å². The fraction of sp³-hybridized carbons (Fsp3) is 0.458. The number of benzene rings is 2. The highest BCUT2D eigenvalue weighted by Gasteiger charge is 2.36. The first kappa shape index (κ1) is 22.0. The number of rotatable bonds is 6. The number of likely N-dealkylation sites (tertiary alicyclic amines) is 1. The van der Waals surface area contributed by atoms with E-state index in [2.05, 4.69) is 12.1 Å². The van der Waals surface area contributed by atoms with Crippen molar-refractivity contribution in [1.29, 1.82) is 0 Å². The lowest BCUT2D eigenvalue weighted by molar-refractivity contribution is -0.140. The monoisotopic (exact) mass is 442 g/mol. The van der Waals surface area contributed by atoms with Crippen molar-refractivity contribution < 1.29 is 17.9 Å². The topological polar surface area (TPSA) is 66.9 Å². The summed E-state index contributed by atoms with van der Waals surface area (Å²) < 4.78 is 29.8. The van der Waals surface area contributed by atoms with E-state index in [1.165, 1.54) is 0 Å². The van der Waals surface area contributed by atoms with Crippen LogP contribution in [-0.4, -0.2) is 67.9 Å². The SMILES string of the molecule is O=C(C(c1ccccc1)N1CCS(=O)(=O)CC1)N1CCC(OCc2ccccc2)CC1. The summed E-state index contributed by atoms with van der Waals surface area (Å²) in [5, 5.41) is 0. The summed E-state index contributed by atoms with van der Waals surface area (Å²) in [6.07, 6.45) is 1.78. The summed E-state index contributed by atoms with van der Waals surface area (Å²) in [5.74, 6) is 0.282. The van der Waals surface area contributed by atoms with E-state index in [0.29, 0.717) is 32.8 Å². The molecule has 4 rings (SSSR count). The zero-order valence-electron chi connectivity index (χ0n) is 17.7. The van der Waals surface area contributed by atoms with E-state index in [1.54, 1.807) is 0 Å². The van der Waals surface area contributed by atoms with Gasteiger partial charge >= 0.3 is 0 Å². The molecule has 0 aliphatic carbocycles. The molecule has 0 N–H and O–H groups in total. The largest absolute Gasteiger partial charge is 0.373 e. The van der Waals surface area contributed by atoms with Gasteiger partial charge in [0.2, 0.25) is 5.91 Å². The molecule has 1 atom stereocenters. The van der Waals surface area contributed by atoms with Crippen LogP contribution in [-0.2, 0) is 26.0 Å². The van der Waals surface area contributed by atoms with Crippen LogP contribution in [0.4, 0.5) is 0 Å². The van der Waals surface area contributed by atoms with E-state index in [0.717, 1.165) is 24.0 Å². The molecule has 2 heterocycles. The van der Waals surface area contributed by atoms with Crippen molar-refractivity contribution in [2.24, 2.45) is 0 Å². The van der Waals surface area contributed by atoms with Crippen LogP contribution >= 0.6 is 0 Å². The van der Waals surface area contributed by atoms with Gasteiger partial charge in [-0.1, -0.05) is 60.7 Å². The molecule has 0 radical (unpaired) electrons. The fourth-order valence-corrected chi connectivity index (χ4v) is 5.56. The van der Waals surface area contributed by atoms with Gasteiger partial charge in [-0.2, -0.15) is 0 Å². The van der Waals surface area contributed by atoms with Crippen LogP contribution < -0.4 is 0 Å². The number of nitrogens with zero attached hydrogens (tertiary/aromatic N) is 2. The molecular weight excluding hydrogens is 412 g/mol. The highest BCUT2D eigenvalue weighted by molar-refractivity contribution is 7.91. The third-order valence-corrected chi connectivity index (χ3v) is 7.78. The first-order chi connectivity index (χ1) is 15.0. The van der Waals surface area contributed by atoms with E-state index in [4.69, 9.17) is 4.74 Å². The summed E-state index contributed by atoms with van der Waals surface area (Å²) in [5.41, 5.74) is 2.08. The smallest absolute Gasteiger partial charge is 0.244 e. The number of piperidine rings is 1. The van der Waals surface area contributed by atoms with Crippen molar-refractivity contribution in [3.63, 3.8) is 0 Å². The Bertz CT molecular complexity index is 944. The normalized spacial score (nSPS) is 21.0. The van der Waals surface area contributed by atoms with E-state index < -0.39 is 15.9 Å². The number of hydrogen-bond donors (Lipinski definition) is 0. The Balaban J connectivity index is 1.38. The minimum Gasteiger partial charge on any atom is -0.373 e. The van der Waals surface area contributed by atoms with Crippen molar-refractivity contribution in [3.05, 3.63) is 71.8 Å². The van der Waals surface area contributed by atoms with E-state index in [1.807, 2.05) is 58.3 Å². The molecule has 166 valence electrons. The van der Waals surface area contributed by atoms with Crippen LogP contribution in [0.15, 0.2) is 60.7 Å². The molecule has 2 aromatic carbocycles. The molecule has 1 amide bonds. The third kappa shape index (κ3) is 5.73. The van der Waals surface area contributed by atoms with Gasteiger partial charge in [0.1, 0.15) is 6.04 Å². The fourth-order valence-electron chi connectivity index (χ4n) is 4.33. The molecular formula is C24H30N2O4S. The summed E-state index contributed by atoms with van der Waals surface area (Å²) in [6, 6.07) is 19.4. The van der Waals surface area contributed by atoms with Crippen molar-refractivity contribution in [2.75, 3.05) is 37.7 Å². The molecule has 2 aliphatic rings. The molecule has 0 bridgehead atoms. The maximum absolute atomic E-state index is 13.5. The van der Waals surface area contributed by atoms with Gasteiger partial charge in [0.15, 0.2) is 9.84 Å². The molecule has 0 saturated carbocycles. The van der Waals surface area contributed by atoms with E-state index >= 15 is 0 Å². The Hall–Kier alpha value is -2.22. The first-order valence-corrected chi connectivity index (χ1v) is 12.8. The van der Waals surface area contributed by atoms with Gasteiger partial charge in [-0.25, -0.2) is 8.42 Å². The van der Waals surface area contributed by atoms with Gasteiger partial charge in [-0.15, -0.1) is 0 Å². The maximum Gasteiger partial charge on any atom is 0.244 e. The van der Waals surface area contributed by atoms with Crippen LogP contribution in [0.2, 0.25) is 0 Å². The molecule has 7 heteroatoms. The Morgan fingerprint density at radius 2 is 1.48 bits per heavy atom. The molecule has 31 heavy (non-hydrogen) atoms. The predicted octanol–water partition coefficient (Wildman–Crippen LogP) is 2.67. The van der Waals surface area contributed by atoms with Crippen molar-refractivity contribution >= 4 is 15.7 Å². The van der Waals surface area contributed by atoms with Gasteiger partial charge in [-0.05, 0) is 24.0 Å². The quantitative estimate of drug-likeness (QED) is 0.688.